The number of nitro groups is 1. The van der Waals surface area contributed by atoms with Crippen LogP contribution in [0.3, 0.4) is 0 Å². The van der Waals surface area contributed by atoms with E-state index in [0.29, 0.717) is 16.4 Å². The number of nitro benzene ring substituents is 1. The molecule has 0 aliphatic carbocycles. The topological polar surface area (TPSA) is 107 Å². The lowest BCUT2D eigenvalue weighted by Crippen LogP contribution is -2.36. The fraction of sp³-hybridized carbons (Fsp3) is 0.133. The van der Waals surface area contributed by atoms with E-state index in [2.05, 4.69) is 4.74 Å². The van der Waals surface area contributed by atoms with Gasteiger partial charge in [-0.1, -0.05) is 6.07 Å². The summed E-state index contributed by atoms with van der Waals surface area (Å²) in [7, 11) is -3.49. The Morgan fingerprint density at radius 3 is 2.46 bits per heavy atom. The highest BCUT2D eigenvalue weighted by molar-refractivity contribution is 7.92. The summed E-state index contributed by atoms with van der Waals surface area (Å²) in [4.78, 5) is 21.2. The molecule has 11 heteroatoms. The third-order valence-corrected chi connectivity index (χ3v) is 5.08. The van der Waals surface area contributed by atoms with E-state index in [9.17, 15) is 32.1 Å². The summed E-state index contributed by atoms with van der Waals surface area (Å²) >= 11 is 0. The molecule has 0 aliphatic rings. The standard InChI is InChI=1S/C15H12F2N2O6S/c1-25-15(20)9-18(10-5-6-13(16)14(17)8-10)26(23,24)12-4-2-3-11(7-12)19(21)22/h2-8H,9H2,1H3. The lowest BCUT2D eigenvalue weighted by Gasteiger charge is -2.23. The first-order chi connectivity index (χ1) is 12.2. The van der Waals surface area contributed by atoms with Crippen LogP contribution >= 0.6 is 0 Å². The number of halogens is 2. The summed E-state index contributed by atoms with van der Waals surface area (Å²) < 4.78 is 57.2. The van der Waals surface area contributed by atoms with Crippen molar-refractivity contribution in [3.63, 3.8) is 0 Å². The summed E-state index contributed by atoms with van der Waals surface area (Å²) in [5, 5.41) is 10.9. The van der Waals surface area contributed by atoms with Crippen LogP contribution in [0, 0.1) is 21.7 Å². The maximum Gasteiger partial charge on any atom is 0.326 e. The van der Waals surface area contributed by atoms with Crippen LogP contribution in [0.2, 0.25) is 0 Å². The molecule has 0 aromatic heterocycles. The Morgan fingerprint density at radius 2 is 1.88 bits per heavy atom. The molecule has 2 rings (SSSR count). The first-order valence-electron chi connectivity index (χ1n) is 6.96. The van der Waals surface area contributed by atoms with Gasteiger partial charge in [-0.3, -0.25) is 19.2 Å². The van der Waals surface area contributed by atoms with Crippen molar-refractivity contribution in [3.8, 4) is 0 Å². The van der Waals surface area contributed by atoms with Crippen molar-refractivity contribution < 1.29 is 31.7 Å². The lowest BCUT2D eigenvalue weighted by atomic mass is 10.3. The van der Waals surface area contributed by atoms with Gasteiger partial charge >= 0.3 is 5.97 Å². The van der Waals surface area contributed by atoms with Gasteiger partial charge in [0.15, 0.2) is 11.6 Å². The SMILES string of the molecule is COC(=O)CN(c1ccc(F)c(F)c1)S(=O)(=O)c1cccc([N+](=O)[O-])c1. The van der Waals surface area contributed by atoms with Gasteiger partial charge < -0.3 is 4.74 Å². The number of carbonyl (C=O) groups is 1. The fourth-order valence-corrected chi connectivity index (χ4v) is 3.46. The fourth-order valence-electron chi connectivity index (χ4n) is 2.02. The molecule has 26 heavy (non-hydrogen) atoms. The predicted molar refractivity (Wildman–Crippen MR) is 86.0 cm³/mol. The van der Waals surface area contributed by atoms with Crippen LogP contribution in [0.1, 0.15) is 0 Å². The third-order valence-electron chi connectivity index (χ3n) is 3.31. The number of hydrogen-bond donors (Lipinski definition) is 0. The number of sulfonamides is 1. The number of nitrogens with zero attached hydrogens (tertiary/aromatic N) is 2. The van der Waals surface area contributed by atoms with E-state index in [-0.39, 0.29) is 5.69 Å². The minimum Gasteiger partial charge on any atom is -0.468 e. The summed E-state index contributed by atoms with van der Waals surface area (Å²) in [5.41, 5.74) is -0.838. The summed E-state index contributed by atoms with van der Waals surface area (Å²) in [6, 6.07) is 6.33. The summed E-state index contributed by atoms with van der Waals surface area (Å²) in [6.45, 7) is -0.841. The minimum atomic E-state index is -4.51. The van der Waals surface area contributed by atoms with Gasteiger partial charge in [-0.05, 0) is 18.2 Å². The van der Waals surface area contributed by atoms with Crippen molar-refractivity contribution in [2.45, 2.75) is 4.90 Å². The molecule has 0 saturated carbocycles. The van der Waals surface area contributed by atoms with Crippen LogP contribution in [-0.2, 0) is 19.6 Å². The van der Waals surface area contributed by atoms with Crippen molar-refractivity contribution in [1.82, 2.24) is 0 Å². The van der Waals surface area contributed by atoms with Gasteiger partial charge in [0.05, 0.1) is 22.6 Å². The van der Waals surface area contributed by atoms with E-state index >= 15 is 0 Å². The highest BCUT2D eigenvalue weighted by Crippen LogP contribution is 2.27. The number of benzene rings is 2. The molecule has 0 radical (unpaired) electrons. The van der Waals surface area contributed by atoms with Crippen LogP contribution in [0.5, 0.6) is 0 Å². The molecule has 0 unspecified atom stereocenters. The molecule has 2 aromatic rings. The maximum atomic E-state index is 13.5. The molecule has 0 aliphatic heterocycles. The molecule has 8 nitrogen and oxygen atoms in total. The zero-order chi connectivity index (χ0) is 19.5. The molecule has 0 saturated heterocycles. The quantitative estimate of drug-likeness (QED) is 0.428. The number of anilines is 1. The molecule has 0 fully saturated rings. The van der Waals surface area contributed by atoms with Crippen LogP contribution in [0.4, 0.5) is 20.2 Å². The van der Waals surface area contributed by atoms with Gasteiger partial charge in [-0.2, -0.15) is 0 Å². The zero-order valence-electron chi connectivity index (χ0n) is 13.3. The molecular weight excluding hydrogens is 374 g/mol. The summed E-state index contributed by atoms with van der Waals surface area (Å²) in [6.07, 6.45) is 0. The van der Waals surface area contributed by atoms with E-state index in [1.54, 1.807) is 0 Å². The number of rotatable bonds is 6. The van der Waals surface area contributed by atoms with Gasteiger partial charge in [0, 0.05) is 18.2 Å². The Kier molecular flexibility index (Phi) is 5.50. The molecule has 2 aromatic carbocycles. The van der Waals surface area contributed by atoms with Gasteiger partial charge in [-0.25, -0.2) is 17.2 Å². The number of methoxy groups -OCH3 is 1. The molecule has 0 heterocycles. The van der Waals surface area contributed by atoms with E-state index in [0.717, 1.165) is 37.4 Å². The first-order valence-corrected chi connectivity index (χ1v) is 8.40. The molecular formula is C15H12F2N2O6S. The van der Waals surface area contributed by atoms with Gasteiger partial charge in [-0.15, -0.1) is 0 Å². The van der Waals surface area contributed by atoms with Crippen LogP contribution in [0.25, 0.3) is 0 Å². The van der Waals surface area contributed by atoms with E-state index < -0.39 is 49.7 Å². The summed E-state index contributed by atoms with van der Waals surface area (Å²) in [5.74, 6) is -3.50. The normalized spacial score (nSPS) is 11.0. The average Bonchev–Trinajstić information content (AvgIpc) is 2.61. The number of carbonyl (C=O) groups excluding carboxylic acids is 1. The van der Waals surface area contributed by atoms with Crippen LogP contribution in [-0.4, -0.2) is 33.0 Å². The lowest BCUT2D eigenvalue weighted by molar-refractivity contribution is -0.385. The maximum absolute atomic E-state index is 13.5. The number of hydrogen-bond acceptors (Lipinski definition) is 6. The molecule has 138 valence electrons. The third kappa shape index (κ3) is 3.94. The Bertz CT molecular complexity index is 964. The largest absolute Gasteiger partial charge is 0.468 e. The molecule has 0 bridgehead atoms. The minimum absolute atomic E-state index is 0.346. The highest BCUT2D eigenvalue weighted by atomic mass is 32.2. The molecule has 0 spiro atoms. The zero-order valence-corrected chi connectivity index (χ0v) is 14.1. The van der Waals surface area contributed by atoms with E-state index in [1.165, 1.54) is 0 Å². The van der Waals surface area contributed by atoms with Crippen molar-refractivity contribution in [3.05, 3.63) is 64.2 Å². The molecule has 0 atom stereocenters. The first kappa shape index (κ1) is 19.2. The predicted octanol–water partition coefficient (Wildman–Crippen LogP) is 2.24. The van der Waals surface area contributed by atoms with Crippen LogP contribution < -0.4 is 4.31 Å². The second kappa shape index (κ2) is 7.44. The van der Waals surface area contributed by atoms with Crippen molar-refractivity contribution in [2.75, 3.05) is 18.0 Å². The number of ether oxygens (including phenoxy) is 1. The van der Waals surface area contributed by atoms with Gasteiger partial charge in [0.2, 0.25) is 0 Å². The number of esters is 1. The van der Waals surface area contributed by atoms with Gasteiger partial charge in [0.25, 0.3) is 15.7 Å². The smallest absolute Gasteiger partial charge is 0.326 e. The van der Waals surface area contributed by atoms with Crippen molar-refractivity contribution in [1.29, 1.82) is 0 Å². The molecule has 0 amide bonds. The average molecular weight is 386 g/mol. The van der Waals surface area contributed by atoms with Crippen molar-refractivity contribution >= 4 is 27.4 Å². The number of non-ortho nitro benzene ring substituents is 1. The Balaban J connectivity index is 2.59. The van der Waals surface area contributed by atoms with E-state index in [1.807, 2.05) is 0 Å². The monoisotopic (exact) mass is 386 g/mol. The van der Waals surface area contributed by atoms with Crippen molar-refractivity contribution in [2.24, 2.45) is 0 Å². The van der Waals surface area contributed by atoms with Gasteiger partial charge in [0.1, 0.15) is 6.54 Å². The van der Waals surface area contributed by atoms with Crippen LogP contribution in [0.15, 0.2) is 47.4 Å². The second-order valence-electron chi connectivity index (χ2n) is 4.94. The second-order valence-corrected chi connectivity index (χ2v) is 6.80. The highest BCUT2D eigenvalue weighted by Gasteiger charge is 2.29. The molecule has 0 N–H and O–H groups in total. The Hall–Kier alpha value is -3.08. The van der Waals surface area contributed by atoms with E-state index in [4.69, 9.17) is 0 Å². The Labute approximate surface area is 146 Å². The Morgan fingerprint density at radius 1 is 1.19 bits per heavy atom.